The fourth-order valence-electron chi connectivity index (χ4n) is 4.09. The number of carbonyl (C=O) groups excluding carboxylic acids is 2. The zero-order valence-electron chi connectivity index (χ0n) is 18.8. The van der Waals surface area contributed by atoms with E-state index in [2.05, 4.69) is 0 Å². The van der Waals surface area contributed by atoms with E-state index in [4.69, 9.17) is 4.74 Å². The lowest BCUT2D eigenvalue weighted by Crippen LogP contribution is -2.33. The number of carbonyl (C=O) groups is 2. The van der Waals surface area contributed by atoms with Crippen molar-refractivity contribution >= 4 is 34.8 Å². The maximum atomic E-state index is 15.0. The van der Waals surface area contributed by atoms with Crippen LogP contribution in [0, 0.1) is 0 Å². The van der Waals surface area contributed by atoms with Gasteiger partial charge in [0.2, 0.25) is 0 Å². The molecule has 170 valence electrons. The summed E-state index contributed by atoms with van der Waals surface area (Å²) >= 11 is 0. The minimum absolute atomic E-state index is 0.134. The lowest BCUT2D eigenvalue weighted by molar-refractivity contribution is -0.143. The van der Waals surface area contributed by atoms with Crippen molar-refractivity contribution in [3.05, 3.63) is 126 Å². The van der Waals surface area contributed by atoms with Crippen molar-refractivity contribution in [1.82, 2.24) is 0 Å². The fraction of sp³-hybridized carbons (Fsp3) is 0.103. The third kappa shape index (κ3) is 4.50. The maximum absolute atomic E-state index is 15.0. The van der Waals surface area contributed by atoms with E-state index in [1.54, 1.807) is 55.5 Å². The molecular weight excluding hydrogens is 443 g/mol. The Morgan fingerprint density at radius 3 is 1.71 bits per heavy atom. The molecule has 5 heteroatoms. The van der Waals surface area contributed by atoms with E-state index in [-0.39, 0.29) is 12.4 Å². The van der Waals surface area contributed by atoms with Gasteiger partial charge in [0.05, 0.1) is 6.61 Å². The Morgan fingerprint density at radius 1 is 0.706 bits per heavy atom. The van der Waals surface area contributed by atoms with Gasteiger partial charge in [0.15, 0.2) is 12.9 Å². The second-order valence-electron chi connectivity index (χ2n) is 7.75. The van der Waals surface area contributed by atoms with Crippen LogP contribution in [0.15, 0.2) is 115 Å². The molecule has 0 N–H and O–H groups in total. The van der Waals surface area contributed by atoms with Gasteiger partial charge < -0.3 is 9.30 Å². The molecule has 0 saturated carbocycles. The summed E-state index contributed by atoms with van der Waals surface area (Å²) in [5, 5.41) is 1.71. The monoisotopic (exact) mass is 468 g/mol. The predicted octanol–water partition coefficient (Wildman–Crippen LogP) is 4.86. The molecule has 4 nitrogen and oxygen atoms in total. The average Bonchev–Trinajstić information content (AvgIpc) is 2.90. The lowest BCUT2D eigenvalue weighted by atomic mass is 9.90. The molecule has 4 rings (SSSR count). The molecule has 0 heterocycles. The van der Waals surface area contributed by atoms with Gasteiger partial charge in [-0.3, -0.25) is 9.59 Å². The largest absolute Gasteiger partial charge is 0.465 e. The summed E-state index contributed by atoms with van der Waals surface area (Å²) in [4.78, 5) is 26.8. The third-order valence-corrected chi connectivity index (χ3v) is 8.81. The van der Waals surface area contributed by atoms with Gasteiger partial charge in [-0.25, -0.2) is 0 Å². The Hall–Kier alpha value is -3.75. The highest BCUT2D eigenvalue weighted by molar-refractivity contribution is 7.85. The van der Waals surface area contributed by atoms with Crippen molar-refractivity contribution in [3.63, 3.8) is 0 Å². The molecule has 4 aromatic carbocycles. The zero-order chi connectivity index (χ0) is 24.0. The molecule has 0 amide bonds. The van der Waals surface area contributed by atoms with Crippen molar-refractivity contribution in [2.75, 3.05) is 6.61 Å². The topological polar surface area (TPSA) is 60.4 Å². The van der Waals surface area contributed by atoms with Gasteiger partial charge in [-0.15, -0.1) is 0 Å². The number of benzene rings is 4. The van der Waals surface area contributed by atoms with Crippen molar-refractivity contribution < 1.29 is 18.9 Å². The Morgan fingerprint density at radius 2 is 1.18 bits per heavy atom. The van der Waals surface area contributed by atoms with Crippen LogP contribution < -0.4 is 15.9 Å². The second-order valence-corrected chi connectivity index (χ2v) is 10.5. The van der Waals surface area contributed by atoms with E-state index in [1.165, 1.54) is 0 Å². The molecule has 0 radical (unpaired) electrons. The summed E-state index contributed by atoms with van der Waals surface area (Å²) in [6.45, 7) is 1.83. The van der Waals surface area contributed by atoms with Crippen LogP contribution in [0.1, 0.15) is 28.8 Å². The highest BCUT2D eigenvalue weighted by atomic mass is 31.2. The van der Waals surface area contributed by atoms with Crippen LogP contribution >= 0.6 is 7.14 Å². The Kier molecular flexibility index (Phi) is 7.20. The number of esters is 1. The Labute approximate surface area is 199 Å². The molecule has 0 saturated heterocycles. The van der Waals surface area contributed by atoms with Crippen LogP contribution in [-0.4, -0.2) is 18.4 Å². The molecule has 0 aliphatic carbocycles. The van der Waals surface area contributed by atoms with E-state index in [0.29, 0.717) is 27.0 Å². The molecule has 34 heavy (non-hydrogen) atoms. The summed E-state index contributed by atoms with van der Waals surface area (Å²) in [7, 11) is -3.42. The van der Waals surface area contributed by atoms with Gasteiger partial charge in [-0.2, -0.15) is 0 Å². The minimum Gasteiger partial charge on any atom is -0.465 e. The number of ketones is 1. The normalized spacial score (nSPS) is 12.0. The predicted molar refractivity (Wildman–Crippen MR) is 136 cm³/mol. The smallest absolute Gasteiger partial charge is 0.321 e. The molecule has 0 aromatic heterocycles. The van der Waals surface area contributed by atoms with Gasteiger partial charge in [0.25, 0.3) is 0 Å². The molecular formula is C29H25O4P. The van der Waals surface area contributed by atoms with Crippen LogP contribution in [0.2, 0.25) is 0 Å². The van der Waals surface area contributed by atoms with Crippen LogP contribution in [0.25, 0.3) is 0 Å². The van der Waals surface area contributed by atoms with E-state index in [0.717, 1.165) is 0 Å². The van der Waals surface area contributed by atoms with Gasteiger partial charge in [-0.05, 0) is 12.5 Å². The average molecular weight is 468 g/mol. The Bertz CT molecular complexity index is 1270. The van der Waals surface area contributed by atoms with E-state index >= 15 is 4.57 Å². The lowest BCUT2D eigenvalue weighted by Gasteiger charge is -2.25. The van der Waals surface area contributed by atoms with Crippen LogP contribution in [-0.2, 0) is 14.1 Å². The second kappa shape index (κ2) is 10.5. The first-order valence-corrected chi connectivity index (χ1v) is 12.8. The quantitative estimate of drug-likeness (QED) is 0.160. The molecule has 0 aliphatic heterocycles. The molecule has 4 aromatic rings. The summed E-state index contributed by atoms with van der Waals surface area (Å²) in [5.41, 5.74) is 0.787. The number of hydrogen-bond acceptors (Lipinski definition) is 4. The van der Waals surface area contributed by atoms with Crippen LogP contribution in [0.4, 0.5) is 0 Å². The van der Waals surface area contributed by atoms with E-state index in [1.807, 2.05) is 66.7 Å². The van der Waals surface area contributed by atoms with Crippen LogP contribution in [0.5, 0.6) is 0 Å². The van der Waals surface area contributed by atoms with Gasteiger partial charge >= 0.3 is 5.97 Å². The number of rotatable bonds is 8. The SMILES string of the molecule is CCOC(=O)C(C(=O)c1ccccc1)c1ccccc1P(=O)(c1ccccc1)c1ccccc1. The summed E-state index contributed by atoms with van der Waals surface area (Å²) in [6.07, 6.45) is 0. The number of hydrogen-bond donors (Lipinski definition) is 0. The van der Waals surface area contributed by atoms with Crippen molar-refractivity contribution in [3.8, 4) is 0 Å². The number of Topliss-reactive ketones (excluding diaryl/α,β-unsaturated/α-hetero) is 1. The molecule has 0 spiro atoms. The zero-order valence-corrected chi connectivity index (χ0v) is 19.7. The first-order chi connectivity index (χ1) is 16.6. The molecule has 0 bridgehead atoms. The first-order valence-electron chi connectivity index (χ1n) is 11.1. The van der Waals surface area contributed by atoms with Gasteiger partial charge in [-0.1, -0.05) is 115 Å². The highest BCUT2D eigenvalue weighted by Gasteiger charge is 2.38. The van der Waals surface area contributed by atoms with E-state index in [9.17, 15) is 9.59 Å². The van der Waals surface area contributed by atoms with Crippen molar-refractivity contribution in [2.45, 2.75) is 12.8 Å². The van der Waals surface area contributed by atoms with Gasteiger partial charge in [0, 0.05) is 21.5 Å². The van der Waals surface area contributed by atoms with Crippen LogP contribution in [0.3, 0.4) is 0 Å². The van der Waals surface area contributed by atoms with Crippen molar-refractivity contribution in [1.29, 1.82) is 0 Å². The molecule has 0 fully saturated rings. The first kappa shape index (κ1) is 23.4. The summed E-state index contributed by atoms with van der Waals surface area (Å²) in [6, 6.07) is 34.0. The fourth-order valence-corrected chi connectivity index (χ4v) is 6.99. The standard InChI is InChI=1S/C29H25O4P/c1-2-33-29(31)27(28(30)22-14-6-3-7-15-22)25-20-12-13-21-26(25)34(32,23-16-8-4-9-17-23)24-18-10-5-11-19-24/h3-21,27H,2H2,1H3. The summed E-state index contributed by atoms with van der Waals surface area (Å²) in [5.74, 6) is -2.28. The molecule has 0 aliphatic rings. The molecule has 1 unspecified atom stereocenters. The van der Waals surface area contributed by atoms with Gasteiger partial charge in [0.1, 0.15) is 5.92 Å². The summed E-state index contributed by atoms with van der Waals surface area (Å²) < 4.78 is 20.4. The number of ether oxygens (including phenoxy) is 1. The third-order valence-electron chi connectivity index (χ3n) is 5.67. The van der Waals surface area contributed by atoms with Crippen molar-refractivity contribution in [2.24, 2.45) is 0 Å². The van der Waals surface area contributed by atoms with E-state index < -0.39 is 19.0 Å². The minimum atomic E-state index is -3.42. The maximum Gasteiger partial charge on any atom is 0.321 e. The Balaban J connectivity index is 1.97. The highest BCUT2D eigenvalue weighted by Crippen LogP contribution is 2.44. The molecule has 1 atom stereocenters.